The maximum absolute atomic E-state index is 4.68. The third-order valence-electron chi connectivity index (χ3n) is 4.51. The second-order valence-corrected chi connectivity index (χ2v) is 9.03. The molecule has 0 bridgehead atoms. The number of allylic oxidation sites excluding steroid dienone is 4. The lowest BCUT2D eigenvalue weighted by molar-refractivity contribution is 0.611. The Balaban J connectivity index is 2.52. The van der Waals surface area contributed by atoms with Crippen molar-refractivity contribution in [3.8, 4) is 0 Å². The first-order chi connectivity index (χ1) is 10.0. The molecule has 0 saturated carbocycles. The number of rotatable bonds is 4. The fraction of sp³-hybridized carbons (Fsp3) is 0.526. The van der Waals surface area contributed by atoms with Crippen molar-refractivity contribution in [2.75, 3.05) is 0 Å². The summed E-state index contributed by atoms with van der Waals surface area (Å²) in [6.45, 7) is 11.7. The van der Waals surface area contributed by atoms with Crippen molar-refractivity contribution < 1.29 is 0 Å². The summed E-state index contributed by atoms with van der Waals surface area (Å²) in [5.41, 5.74) is 5.10. The van der Waals surface area contributed by atoms with Gasteiger partial charge in [-0.1, -0.05) is 51.0 Å². The standard InChI is InChI=1S/C19H28NP/c1-6-17-11-10-15(4)16(5)18(13-17)21(14(2)3)19-9-7-8-12-20-19/h7-9,12-15H,6,10-11H2,1-5H3. The zero-order valence-electron chi connectivity index (χ0n) is 14.1. The number of hydrogen-bond acceptors (Lipinski definition) is 1. The highest BCUT2D eigenvalue weighted by Gasteiger charge is 2.25. The highest BCUT2D eigenvalue weighted by molar-refractivity contribution is 7.70. The molecule has 0 aliphatic heterocycles. The molecule has 2 rings (SSSR count). The summed E-state index contributed by atoms with van der Waals surface area (Å²) in [4.78, 5) is 4.68. The van der Waals surface area contributed by atoms with Crippen molar-refractivity contribution in [2.24, 2.45) is 5.92 Å². The molecule has 114 valence electrons. The van der Waals surface area contributed by atoms with E-state index in [-0.39, 0.29) is 7.92 Å². The van der Waals surface area contributed by atoms with Crippen LogP contribution in [0.25, 0.3) is 0 Å². The van der Waals surface area contributed by atoms with Gasteiger partial charge in [0.25, 0.3) is 0 Å². The zero-order chi connectivity index (χ0) is 15.4. The second-order valence-electron chi connectivity index (χ2n) is 6.32. The molecule has 0 saturated heterocycles. The van der Waals surface area contributed by atoms with E-state index in [2.05, 4.69) is 57.8 Å². The average Bonchev–Trinajstić information content (AvgIpc) is 2.62. The van der Waals surface area contributed by atoms with E-state index in [9.17, 15) is 0 Å². The molecule has 2 heteroatoms. The summed E-state index contributed by atoms with van der Waals surface area (Å²) in [6.07, 6.45) is 8.17. The molecule has 1 nitrogen and oxygen atoms in total. The van der Waals surface area contributed by atoms with Gasteiger partial charge in [0.05, 0.1) is 5.44 Å². The van der Waals surface area contributed by atoms with Gasteiger partial charge in [0, 0.05) is 6.20 Å². The van der Waals surface area contributed by atoms with Crippen LogP contribution in [0.3, 0.4) is 0 Å². The molecule has 1 aliphatic rings. The first-order valence-corrected chi connectivity index (χ1v) is 9.56. The summed E-state index contributed by atoms with van der Waals surface area (Å²) in [6, 6.07) is 6.35. The largest absolute Gasteiger partial charge is 0.256 e. The highest BCUT2D eigenvalue weighted by atomic mass is 31.1. The number of hydrogen-bond donors (Lipinski definition) is 0. The summed E-state index contributed by atoms with van der Waals surface area (Å²) in [7, 11) is -0.356. The lowest BCUT2D eigenvalue weighted by Gasteiger charge is -2.25. The Morgan fingerprint density at radius 3 is 2.67 bits per heavy atom. The smallest absolute Gasteiger partial charge is 0.0678 e. The van der Waals surface area contributed by atoms with Crippen LogP contribution in [0.15, 0.2) is 46.9 Å². The normalized spacial score (nSPS) is 21.2. The van der Waals surface area contributed by atoms with Gasteiger partial charge in [-0.25, -0.2) is 0 Å². The van der Waals surface area contributed by atoms with Crippen LogP contribution in [0.4, 0.5) is 0 Å². The van der Waals surface area contributed by atoms with Gasteiger partial charge in [-0.3, -0.25) is 4.98 Å². The quantitative estimate of drug-likeness (QED) is 0.656. The minimum absolute atomic E-state index is 0.356. The van der Waals surface area contributed by atoms with Crippen LogP contribution in [0, 0.1) is 5.92 Å². The van der Waals surface area contributed by atoms with Gasteiger partial charge in [-0.15, -0.1) is 0 Å². The van der Waals surface area contributed by atoms with Crippen molar-refractivity contribution in [2.45, 2.75) is 59.5 Å². The lowest BCUT2D eigenvalue weighted by Crippen LogP contribution is -2.13. The Kier molecular flexibility index (Phi) is 5.76. The SMILES string of the molecule is CCC1=CC(P(c2ccccn2)C(C)C)=C(C)C(C)CC1. The maximum atomic E-state index is 4.68. The van der Waals surface area contributed by atoms with Gasteiger partial charge in [-0.05, 0) is 63.1 Å². The molecule has 0 amide bonds. The van der Waals surface area contributed by atoms with Gasteiger partial charge < -0.3 is 0 Å². The second kappa shape index (κ2) is 7.36. The minimum Gasteiger partial charge on any atom is -0.256 e. The third-order valence-corrected chi connectivity index (χ3v) is 7.30. The monoisotopic (exact) mass is 301 g/mol. The van der Waals surface area contributed by atoms with Crippen LogP contribution in [0.1, 0.15) is 53.9 Å². The Labute approximate surface area is 131 Å². The van der Waals surface area contributed by atoms with Crippen molar-refractivity contribution in [1.29, 1.82) is 0 Å². The molecule has 21 heavy (non-hydrogen) atoms. The van der Waals surface area contributed by atoms with E-state index in [1.165, 1.54) is 24.7 Å². The van der Waals surface area contributed by atoms with Gasteiger partial charge in [-0.2, -0.15) is 0 Å². The van der Waals surface area contributed by atoms with E-state index in [1.54, 1.807) is 16.5 Å². The number of aromatic nitrogens is 1. The van der Waals surface area contributed by atoms with Crippen molar-refractivity contribution in [3.63, 3.8) is 0 Å². The predicted octanol–water partition coefficient (Wildman–Crippen LogP) is 5.64. The fourth-order valence-electron chi connectivity index (χ4n) is 2.95. The average molecular weight is 301 g/mol. The lowest BCUT2D eigenvalue weighted by atomic mass is 9.97. The first-order valence-electron chi connectivity index (χ1n) is 8.15. The molecule has 0 aromatic carbocycles. The van der Waals surface area contributed by atoms with Crippen LogP contribution in [0.5, 0.6) is 0 Å². The van der Waals surface area contributed by atoms with E-state index < -0.39 is 0 Å². The first kappa shape index (κ1) is 16.4. The Morgan fingerprint density at radius 2 is 2.10 bits per heavy atom. The highest BCUT2D eigenvalue weighted by Crippen LogP contribution is 2.52. The molecule has 1 aromatic heterocycles. The van der Waals surface area contributed by atoms with Gasteiger partial charge >= 0.3 is 0 Å². The maximum Gasteiger partial charge on any atom is 0.0678 e. The van der Waals surface area contributed by atoms with E-state index in [0.29, 0.717) is 11.6 Å². The van der Waals surface area contributed by atoms with Crippen LogP contribution >= 0.6 is 7.92 Å². The van der Waals surface area contributed by atoms with Crippen LogP contribution in [0.2, 0.25) is 0 Å². The molecular formula is C19H28NP. The molecule has 1 aliphatic carbocycles. The summed E-state index contributed by atoms with van der Waals surface area (Å²) in [5.74, 6) is 0.688. The summed E-state index contributed by atoms with van der Waals surface area (Å²) in [5, 5.41) is 1.58. The summed E-state index contributed by atoms with van der Waals surface area (Å²) < 4.78 is 0. The molecule has 1 aromatic rings. The summed E-state index contributed by atoms with van der Waals surface area (Å²) >= 11 is 0. The number of nitrogens with zero attached hydrogens (tertiary/aromatic N) is 1. The molecule has 0 N–H and O–H groups in total. The van der Waals surface area contributed by atoms with Gasteiger partial charge in [0.2, 0.25) is 0 Å². The Hall–Kier alpha value is -0.940. The topological polar surface area (TPSA) is 12.9 Å². The minimum atomic E-state index is -0.356. The molecule has 1 heterocycles. The van der Waals surface area contributed by atoms with Gasteiger partial charge in [0.15, 0.2) is 0 Å². The van der Waals surface area contributed by atoms with Crippen molar-refractivity contribution >= 4 is 13.4 Å². The van der Waals surface area contributed by atoms with E-state index >= 15 is 0 Å². The predicted molar refractivity (Wildman–Crippen MR) is 95.4 cm³/mol. The Bertz CT molecular complexity index is 528. The van der Waals surface area contributed by atoms with Crippen molar-refractivity contribution in [3.05, 3.63) is 46.9 Å². The molecular weight excluding hydrogens is 273 g/mol. The molecule has 0 fully saturated rings. The Morgan fingerprint density at radius 1 is 1.33 bits per heavy atom. The number of pyridine rings is 1. The van der Waals surface area contributed by atoms with E-state index in [0.717, 1.165) is 0 Å². The van der Waals surface area contributed by atoms with Crippen molar-refractivity contribution in [1.82, 2.24) is 4.98 Å². The molecule has 0 radical (unpaired) electrons. The van der Waals surface area contributed by atoms with E-state index in [4.69, 9.17) is 0 Å². The van der Waals surface area contributed by atoms with Crippen LogP contribution in [-0.2, 0) is 0 Å². The zero-order valence-corrected chi connectivity index (χ0v) is 15.0. The molecule has 0 spiro atoms. The van der Waals surface area contributed by atoms with Crippen LogP contribution < -0.4 is 5.44 Å². The van der Waals surface area contributed by atoms with Gasteiger partial charge in [0.1, 0.15) is 0 Å². The third kappa shape index (κ3) is 3.83. The molecule has 2 atom stereocenters. The fourth-order valence-corrected chi connectivity index (χ4v) is 5.64. The van der Waals surface area contributed by atoms with Crippen LogP contribution in [-0.4, -0.2) is 10.6 Å². The molecule has 2 unspecified atom stereocenters. The van der Waals surface area contributed by atoms with E-state index in [1.807, 2.05) is 12.3 Å².